The molecule has 3 aliphatic heterocycles. The van der Waals surface area contributed by atoms with E-state index in [9.17, 15) is 27.6 Å². The molecule has 3 fully saturated rings. The first-order valence-electron chi connectivity index (χ1n) is 15.5. The molecule has 5 rings (SSSR count). The number of nitrogens with zero attached hydrogens (tertiary/aromatic N) is 4. The molecule has 266 valence electrons. The maximum absolute atomic E-state index is 13.0. The van der Waals surface area contributed by atoms with Crippen LogP contribution in [0.4, 0.5) is 18.9 Å². The van der Waals surface area contributed by atoms with Gasteiger partial charge in [0.25, 0.3) is 5.91 Å². The predicted molar refractivity (Wildman–Crippen MR) is 190 cm³/mol. The van der Waals surface area contributed by atoms with Crippen LogP contribution in [-0.2, 0) is 9.59 Å². The highest BCUT2D eigenvalue weighted by atomic mass is 35.5. The lowest BCUT2D eigenvalue weighted by molar-refractivity contribution is -0.132. The van der Waals surface area contributed by atoms with Crippen LogP contribution in [-0.4, -0.2) is 107 Å². The Morgan fingerprint density at radius 2 is 1.38 bits per heavy atom. The highest BCUT2D eigenvalue weighted by molar-refractivity contribution is 7.81. The van der Waals surface area contributed by atoms with Gasteiger partial charge in [-0.1, -0.05) is 66.0 Å². The maximum atomic E-state index is 13.0. The fourth-order valence-corrected chi connectivity index (χ4v) is 6.69. The van der Waals surface area contributed by atoms with Crippen molar-refractivity contribution in [3.63, 3.8) is 0 Å². The van der Waals surface area contributed by atoms with Crippen LogP contribution in [0.5, 0.6) is 0 Å². The van der Waals surface area contributed by atoms with Crippen LogP contribution in [0.1, 0.15) is 49.0 Å². The van der Waals surface area contributed by atoms with Crippen LogP contribution in [0.3, 0.4) is 0 Å². The summed E-state index contributed by atoms with van der Waals surface area (Å²) < 4.78 is 30.7. The van der Waals surface area contributed by atoms with Crippen molar-refractivity contribution in [2.24, 2.45) is 0 Å². The Labute approximate surface area is 305 Å². The number of amides is 3. The summed E-state index contributed by atoms with van der Waals surface area (Å²) in [5, 5.41) is 5.64. The number of hydrogen-bond acceptors (Lipinski definition) is 6. The van der Waals surface area contributed by atoms with E-state index in [1.807, 2.05) is 24.8 Å². The number of carbonyl (C=O) groups is 3. The third-order valence-corrected chi connectivity index (χ3v) is 9.56. The Morgan fingerprint density at radius 1 is 0.854 bits per heavy atom. The highest BCUT2D eigenvalue weighted by Gasteiger charge is 2.35. The van der Waals surface area contributed by atoms with E-state index in [1.54, 1.807) is 34.1 Å². The van der Waals surface area contributed by atoms with E-state index in [0.29, 0.717) is 60.3 Å². The number of carbonyl (C=O) groups excluding carboxylic acids is 3. The van der Waals surface area contributed by atoms with Crippen molar-refractivity contribution >= 4 is 82.4 Å². The number of aryl methyl sites for hydroxylation is 1. The van der Waals surface area contributed by atoms with Gasteiger partial charge in [-0.25, -0.2) is 0 Å². The number of rotatable bonds is 5. The minimum absolute atomic E-state index is 0.0187. The Kier molecular flexibility index (Phi) is 15.3. The van der Waals surface area contributed by atoms with Gasteiger partial charge in [0, 0.05) is 87.5 Å². The molecular formula is C32H40Cl4F3N5O3S. The number of halogens is 7. The molecule has 0 atom stereocenters. The van der Waals surface area contributed by atoms with Gasteiger partial charge >= 0.3 is 5.51 Å². The quantitative estimate of drug-likeness (QED) is 0.308. The van der Waals surface area contributed by atoms with Crippen molar-refractivity contribution in [3.05, 3.63) is 61.5 Å². The third-order valence-electron chi connectivity index (χ3n) is 8.30. The number of piperidine rings is 1. The zero-order chi connectivity index (χ0) is 35.8. The van der Waals surface area contributed by atoms with Crippen LogP contribution in [0, 0.1) is 6.92 Å². The molecule has 0 radical (unpaired) electrons. The lowest BCUT2D eigenvalue weighted by atomic mass is 9.97. The summed E-state index contributed by atoms with van der Waals surface area (Å²) >= 11 is 26.5. The topological polar surface area (TPSA) is 76.2 Å². The first-order valence-corrected chi connectivity index (χ1v) is 17.5. The minimum atomic E-state index is -4.31. The number of piperazine rings is 1. The van der Waals surface area contributed by atoms with Crippen LogP contribution < -0.4 is 5.32 Å². The van der Waals surface area contributed by atoms with Gasteiger partial charge in [0.05, 0.1) is 21.7 Å². The first kappa shape index (κ1) is 40.3. The SMILES string of the molecule is CCC(=O)N1CCC(N2CC(Nc3cc(Cl)c(C(=O)N4CCN(C(C)=O)CC4)c(Cl)c3)C2)CC1.Cc1cc(Cl)ccc1Cl.FC(F)(F)S. The number of nitrogens with one attached hydrogen (secondary N) is 1. The number of likely N-dealkylation sites (tertiary alicyclic amines) is 2. The monoisotopic (exact) mass is 771 g/mol. The van der Waals surface area contributed by atoms with Crippen molar-refractivity contribution in [2.75, 3.05) is 57.7 Å². The number of thiol groups is 1. The van der Waals surface area contributed by atoms with Gasteiger partial charge in [0.1, 0.15) is 0 Å². The molecule has 0 saturated carbocycles. The average Bonchev–Trinajstić information content (AvgIpc) is 2.99. The molecule has 2 aromatic rings. The average molecular weight is 774 g/mol. The zero-order valence-corrected chi connectivity index (χ0v) is 30.8. The molecule has 0 aliphatic carbocycles. The maximum Gasteiger partial charge on any atom is 0.438 e. The lowest BCUT2D eigenvalue weighted by Gasteiger charge is -2.47. The molecular weight excluding hydrogens is 733 g/mol. The van der Waals surface area contributed by atoms with Gasteiger partial charge < -0.3 is 20.0 Å². The van der Waals surface area contributed by atoms with Crippen molar-refractivity contribution in [1.82, 2.24) is 19.6 Å². The molecule has 3 saturated heterocycles. The Bertz CT molecular complexity index is 1400. The smallest absolute Gasteiger partial charge is 0.380 e. The summed E-state index contributed by atoms with van der Waals surface area (Å²) in [5.74, 6) is 0.0632. The number of hydrogen-bond donors (Lipinski definition) is 2. The largest absolute Gasteiger partial charge is 0.438 e. The van der Waals surface area contributed by atoms with Gasteiger partial charge in [-0.2, -0.15) is 13.2 Å². The third kappa shape index (κ3) is 12.4. The molecule has 0 unspecified atom stereocenters. The van der Waals surface area contributed by atoms with E-state index < -0.39 is 5.51 Å². The summed E-state index contributed by atoms with van der Waals surface area (Å²) in [6.07, 6.45) is 2.62. The molecule has 8 nitrogen and oxygen atoms in total. The first-order chi connectivity index (χ1) is 22.5. The van der Waals surface area contributed by atoms with Gasteiger partial charge in [0.2, 0.25) is 11.8 Å². The van der Waals surface area contributed by atoms with Gasteiger partial charge in [0.15, 0.2) is 0 Å². The molecule has 48 heavy (non-hydrogen) atoms. The summed E-state index contributed by atoms with van der Waals surface area (Å²) in [4.78, 5) is 44.3. The summed E-state index contributed by atoms with van der Waals surface area (Å²) in [6.45, 7) is 10.9. The molecule has 3 aliphatic rings. The molecule has 2 aromatic carbocycles. The van der Waals surface area contributed by atoms with Crippen LogP contribution in [0.25, 0.3) is 0 Å². The Morgan fingerprint density at radius 3 is 1.83 bits per heavy atom. The predicted octanol–water partition coefficient (Wildman–Crippen LogP) is 7.53. The van der Waals surface area contributed by atoms with Crippen molar-refractivity contribution in [3.8, 4) is 0 Å². The molecule has 0 spiro atoms. The van der Waals surface area contributed by atoms with Crippen LogP contribution in [0.2, 0.25) is 20.1 Å². The molecule has 0 aromatic heterocycles. The molecule has 16 heteroatoms. The highest BCUT2D eigenvalue weighted by Crippen LogP contribution is 2.32. The molecule has 0 bridgehead atoms. The fourth-order valence-electron chi connectivity index (χ4n) is 5.69. The second-order valence-corrected chi connectivity index (χ2v) is 13.9. The summed E-state index contributed by atoms with van der Waals surface area (Å²) in [5.41, 5.74) is -2.17. The van der Waals surface area contributed by atoms with Crippen molar-refractivity contribution in [1.29, 1.82) is 0 Å². The second-order valence-electron chi connectivity index (χ2n) is 11.7. The molecule has 1 N–H and O–H groups in total. The van der Waals surface area contributed by atoms with E-state index in [1.165, 1.54) is 6.92 Å². The standard InChI is InChI=1S/C24H33Cl2N5O3.C7H6Cl2.CHF3S/c1-3-22(33)29-6-4-19(5-7-29)31-14-18(15-31)27-17-12-20(25)23(21(26)13-17)24(34)30-10-8-28(9-11-30)16(2)32;1-5-4-6(8)2-3-7(5)9;2-1(3,4)5/h12-13,18-19,27H,3-11,14-15H2,1-2H3;2-4H,1H3;5H. The van der Waals surface area contributed by atoms with Crippen molar-refractivity contribution < 1.29 is 27.6 Å². The van der Waals surface area contributed by atoms with Crippen LogP contribution >= 0.6 is 59.0 Å². The van der Waals surface area contributed by atoms with Gasteiger partial charge in [-0.05, 0) is 55.7 Å². The normalized spacial score (nSPS) is 17.4. The van der Waals surface area contributed by atoms with E-state index >= 15 is 0 Å². The zero-order valence-electron chi connectivity index (χ0n) is 26.9. The number of anilines is 1. The lowest BCUT2D eigenvalue weighted by Crippen LogP contribution is -2.60. The van der Waals surface area contributed by atoms with E-state index in [4.69, 9.17) is 46.4 Å². The molecule has 3 amide bonds. The van der Waals surface area contributed by atoms with Crippen molar-refractivity contribution in [2.45, 2.75) is 57.6 Å². The summed E-state index contributed by atoms with van der Waals surface area (Å²) in [6, 6.07) is 9.76. The Balaban J connectivity index is 0.000000371. The van der Waals surface area contributed by atoms with Gasteiger partial charge in [-0.3, -0.25) is 19.3 Å². The fraction of sp³-hybridized carbons (Fsp3) is 0.531. The van der Waals surface area contributed by atoms with E-state index in [-0.39, 0.29) is 17.7 Å². The molecule has 3 heterocycles. The number of benzene rings is 2. The second kappa shape index (κ2) is 18.2. The summed E-state index contributed by atoms with van der Waals surface area (Å²) in [7, 11) is 0. The van der Waals surface area contributed by atoms with Crippen LogP contribution in [0.15, 0.2) is 30.3 Å². The minimum Gasteiger partial charge on any atom is -0.380 e. The Hall–Kier alpha value is -2.09. The van der Waals surface area contributed by atoms with E-state index in [2.05, 4.69) is 22.8 Å². The van der Waals surface area contributed by atoms with Gasteiger partial charge in [-0.15, -0.1) is 0 Å². The van der Waals surface area contributed by atoms with E-state index in [0.717, 1.165) is 60.3 Å². The number of alkyl halides is 3.